The number of likely N-dealkylation sites (N-methyl/N-ethyl adjacent to an activating group) is 1. The summed E-state index contributed by atoms with van der Waals surface area (Å²) >= 11 is 9.45. The number of nitrogens with one attached hydrogen (secondary N) is 1. The Morgan fingerprint density at radius 1 is 1.21 bits per heavy atom. The predicted molar refractivity (Wildman–Crippen MR) is 114 cm³/mol. The highest BCUT2D eigenvalue weighted by Crippen LogP contribution is 2.27. The molecule has 1 unspecified atom stereocenters. The standard InChI is InChI=1S/C21H23BrClFN2O3/c1-3-18(21(28)25-4-2)26(12-14-5-8-16(24)9-6-14)20(27)13-29-19-10-7-15(22)11-17(19)23/h5-11,18H,3-4,12-13H2,1-2H3,(H,25,28). The van der Waals surface area contributed by atoms with Gasteiger partial charge in [-0.2, -0.15) is 0 Å². The zero-order valence-corrected chi connectivity index (χ0v) is 18.6. The van der Waals surface area contributed by atoms with E-state index >= 15 is 0 Å². The fourth-order valence-electron chi connectivity index (χ4n) is 2.81. The minimum atomic E-state index is -0.670. The van der Waals surface area contributed by atoms with Crippen LogP contribution in [0.1, 0.15) is 25.8 Å². The Morgan fingerprint density at radius 2 is 1.90 bits per heavy atom. The van der Waals surface area contributed by atoms with Crippen LogP contribution in [0, 0.1) is 5.82 Å². The van der Waals surface area contributed by atoms with E-state index in [0.29, 0.717) is 29.3 Å². The number of ether oxygens (including phenoxy) is 1. The van der Waals surface area contributed by atoms with Crippen LogP contribution < -0.4 is 10.1 Å². The van der Waals surface area contributed by atoms with E-state index in [9.17, 15) is 14.0 Å². The van der Waals surface area contributed by atoms with Crippen LogP contribution >= 0.6 is 27.5 Å². The quantitative estimate of drug-likeness (QED) is 0.566. The molecule has 2 amide bonds. The highest BCUT2D eigenvalue weighted by Gasteiger charge is 2.28. The molecule has 156 valence electrons. The second-order valence-electron chi connectivity index (χ2n) is 6.33. The summed E-state index contributed by atoms with van der Waals surface area (Å²) in [5.74, 6) is -0.606. The van der Waals surface area contributed by atoms with Crippen LogP contribution in [0.2, 0.25) is 5.02 Å². The van der Waals surface area contributed by atoms with Crippen molar-refractivity contribution in [3.05, 3.63) is 63.3 Å². The third kappa shape index (κ3) is 6.72. The molecule has 2 aromatic rings. The Hall–Kier alpha value is -2.12. The van der Waals surface area contributed by atoms with Crippen molar-refractivity contribution in [1.29, 1.82) is 0 Å². The molecule has 1 atom stereocenters. The van der Waals surface area contributed by atoms with E-state index in [0.717, 1.165) is 4.47 Å². The van der Waals surface area contributed by atoms with Crippen LogP contribution in [0.5, 0.6) is 5.75 Å². The lowest BCUT2D eigenvalue weighted by molar-refractivity contribution is -0.142. The number of rotatable bonds is 9. The van der Waals surface area contributed by atoms with Gasteiger partial charge in [0, 0.05) is 17.6 Å². The van der Waals surface area contributed by atoms with Gasteiger partial charge in [-0.1, -0.05) is 46.6 Å². The molecule has 5 nitrogen and oxygen atoms in total. The second-order valence-corrected chi connectivity index (χ2v) is 7.65. The highest BCUT2D eigenvalue weighted by molar-refractivity contribution is 9.10. The third-order valence-electron chi connectivity index (χ3n) is 4.25. The van der Waals surface area contributed by atoms with Crippen LogP contribution in [0.15, 0.2) is 46.9 Å². The first kappa shape index (κ1) is 23.2. The molecule has 29 heavy (non-hydrogen) atoms. The number of hydrogen-bond donors (Lipinski definition) is 1. The lowest BCUT2D eigenvalue weighted by atomic mass is 10.1. The van der Waals surface area contributed by atoms with E-state index in [4.69, 9.17) is 16.3 Å². The van der Waals surface area contributed by atoms with E-state index < -0.39 is 6.04 Å². The maximum Gasteiger partial charge on any atom is 0.261 e. The van der Waals surface area contributed by atoms with Gasteiger partial charge in [-0.25, -0.2) is 4.39 Å². The van der Waals surface area contributed by atoms with Gasteiger partial charge in [0.05, 0.1) is 5.02 Å². The molecule has 8 heteroatoms. The topological polar surface area (TPSA) is 58.6 Å². The van der Waals surface area contributed by atoms with Crippen molar-refractivity contribution in [2.24, 2.45) is 0 Å². The van der Waals surface area contributed by atoms with Crippen molar-refractivity contribution in [1.82, 2.24) is 10.2 Å². The fourth-order valence-corrected chi connectivity index (χ4v) is 3.54. The zero-order chi connectivity index (χ0) is 21.4. The van der Waals surface area contributed by atoms with Crippen molar-refractivity contribution in [2.45, 2.75) is 32.9 Å². The van der Waals surface area contributed by atoms with E-state index in [1.54, 1.807) is 30.3 Å². The maximum atomic E-state index is 13.2. The number of benzene rings is 2. The van der Waals surface area contributed by atoms with Crippen molar-refractivity contribution >= 4 is 39.3 Å². The molecule has 0 aliphatic rings. The first-order chi connectivity index (χ1) is 13.8. The summed E-state index contributed by atoms with van der Waals surface area (Å²) < 4.78 is 19.6. The van der Waals surface area contributed by atoms with Crippen LogP contribution in [0.3, 0.4) is 0 Å². The Balaban J connectivity index is 2.20. The fraction of sp³-hybridized carbons (Fsp3) is 0.333. The zero-order valence-electron chi connectivity index (χ0n) is 16.3. The summed E-state index contributed by atoms with van der Waals surface area (Å²) in [6, 6.07) is 10.2. The number of hydrogen-bond acceptors (Lipinski definition) is 3. The van der Waals surface area contributed by atoms with Gasteiger partial charge in [0.15, 0.2) is 6.61 Å². The molecule has 2 aromatic carbocycles. The minimum absolute atomic E-state index is 0.159. The smallest absolute Gasteiger partial charge is 0.261 e. The molecule has 0 heterocycles. The predicted octanol–water partition coefficient (Wildman–Crippen LogP) is 4.56. The van der Waals surface area contributed by atoms with Crippen LogP contribution in [0.4, 0.5) is 4.39 Å². The van der Waals surface area contributed by atoms with E-state index in [1.165, 1.54) is 17.0 Å². The Morgan fingerprint density at radius 3 is 2.48 bits per heavy atom. The van der Waals surface area contributed by atoms with Crippen molar-refractivity contribution in [3.8, 4) is 5.75 Å². The van der Waals surface area contributed by atoms with Gasteiger partial charge in [0.2, 0.25) is 5.91 Å². The number of carbonyl (C=O) groups excluding carboxylic acids is 2. The second kappa shape index (κ2) is 11.2. The summed E-state index contributed by atoms with van der Waals surface area (Å²) in [6.45, 7) is 3.98. The van der Waals surface area contributed by atoms with Gasteiger partial charge in [0.25, 0.3) is 5.91 Å². The maximum absolute atomic E-state index is 13.2. The first-order valence-electron chi connectivity index (χ1n) is 9.25. The average molecular weight is 486 g/mol. The molecular weight excluding hydrogens is 463 g/mol. The number of carbonyl (C=O) groups is 2. The number of nitrogens with zero attached hydrogens (tertiary/aromatic N) is 1. The van der Waals surface area contributed by atoms with Gasteiger partial charge < -0.3 is 15.0 Å². The molecule has 0 bridgehead atoms. The lowest BCUT2D eigenvalue weighted by Crippen LogP contribution is -2.50. The molecule has 0 saturated carbocycles. The molecule has 0 spiro atoms. The molecule has 0 aliphatic carbocycles. The third-order valence-corrected chi connectivity index (χ3v) is 5.04. The van der Waals surface area contributed by atoms with Gasteiger partial charge in [-0.3, -0.25) is 9.59 Å². The van der Waals surface area contributed by atoms with Gasteiger partial charge in [0.1, 0.15) is 17.6 Å². The van der Waals surface area contributed by atoms with Gasteiger partial charge in [-0.15, -0.1) is 0 Å². The van der Waals surface area contributed by atoms with Crippen molar-refractivity contribution in [2.75, 3.05) is 13.2 Å². The van der Waals surface area contributed by atoms with Gasteiger partial charge in [-0.05, 0) is 49.2 Å². The molecule has 2 rings (SSSR count). The largest absolute Gasteiger partial charge is 0.482 e. The van der Waals surface area contributed by atoms with Gasteiger partial charge >= 0.3 is 0 Å². The molecule has 0 saturated heterocycles. The Labute approximate surface area is 183 Å². The van der Waals surface area contributed by atoms with Crippen LogP contribution in [0.25, 0.3) is 0 Å². The minimum Gasteiger partial charge on any atom is -0.482 e. The summed E-state index contributed by atoms with van der Waals surface area (Å²) in [5, 5.41) is 3.12. The van der Waals surface area contributed by atoms with Crippen molar-refractivity contribution < 1.29 is 18.7 Å². The summed E-state index contributed by atoms with van der Waals surface area (Å²) in [4.78, 5) is 26.9. The highest BCUT2D eigenvalue weighted by atomic mass is 79.9. The monoisotopic (exact) mass is 484 g/mol. The number of halogens is 3. The molecule has 1 N–H and O–H groups in total. The summed E-state index contributed by atoms with van der Waals surface area (Å²) in [5.41, 5.74) is 0.712. The number of amides is 2. The molecule has 0 fully saturated rings. The van der Waals surface area contributed by atoms with E-state index in [-0.39, 0.29) is 30.8 Å². The SMILES string of the molecule is CCNC(=O)C(CC)N(Cc1ccc(F)cc1)C(=O)COc1ccc(Br)cc1Cl. The normalized spacial score (nSPS) is 11.6. The molecule has 0 aliphatic heterocycles. The van der Waals surface area contributed by atoms with Crippen LogP contribution in [-0.2, 0) is 16.1 Å². The van der Waals surface area contributed by atoms with E-state index in [1.807, 2.05) is 13.8 Å². The van der Waals surface area contributed by atoms with Crippen LogP contribution in [-0.4, -0.2) is 35.9 Å². The lowest BCUT2D eigenvalue weighted by Gasteiger charge is -2.30. The first-order valence-corrected chi connectivity index (χ1v) is 10.4. The summed E-state index contributed by atoms with van der Waals surface area (Å²) in [7, 11) is 0. The molecule has 0 aromatic heterocycles. The van der Waals surface area contributed by atoms with Crippen molar-refractivity contribution in [3.63, 3.8) is 0 Å². The molecule has 0 radical (unpaired) electrons. The van der Waals surface area contributed by atoms with E-state index in [2.05, 4.69) is 21.2 Å². The molecular formula is C21H23BrClFN2O3. The Kier molecular flexibility index (Phi) is 8.92. The average Bonchev–Trinajstić information content (AvgIpc) is 2.68. The summed E-state index contributed by atoms with van der Waals surface area (Å²) in [6.07, 6.45) is 0.428. The Bertz CT molecular complexity index is 848.